The normalized spacial score (nSPS) is 11.5. The molecule has 1 aromatic carbocycles. The summed E-state index contributed by atoms with van der Waals surface area (Å²) in [6, 6.07) is 9.43. The summed E-state index contributed by atoms with van der Waals surface area (Å²) < 4.78 is 42.7. The molecule has 1 N–H and O–H groups in total. The third-order valence-electron chi connectivity index (χ3n) is 3.99. The number of imidazole rings is 1. The third kappa shape index (κ3) is 3.88. The number of aromatic nitrogens is 4. The topological polar surface area (TPSA) is 64.3 Å². The maximum absolute atomic E-state index is 12.3. The molecule has 0 bridgehead atoms. The van der Waals surface area contributed by atoms with Gasteiger partial charge < -0.3 is 10.1 Å². The van der Waals surface area contributed by atoms with Gasteiger partial charge in [0.1, 0.15) is 5.75 Å². The molecule has 0 saturated heterocycles. The summed E-state index contributed by atoms with van der Waals surface area (Å²) in [6.07, 6.45) is 3.76. The van der Waals surface area contributed by atoms with Gasteiger partial charge in [0.2, 0.25) is 0 Å². The molecule has 4 aromatic rings. The molecule has 0 spiro atoms. The lowest BCUT2D eigenvalue weighted by Crippen LogP contribution is -2.16. The van der Waals surface area contributed by atoms with Crippen molar-refractivity contribution in [2.45, 2.75) is 12.9 Å². The molecule has 0 aliphatic rings. The average Bonchev–Trinajstić information content (AvgIpc) is 3.11. The number of hydrogen-bond acceptors (Lipinski definition) is 5. The lowest BCUT2D eigenvalue weighted by Gasteiger charge is -2.10. The molecule has 0 amide bonds. The quantitative estimate of drug-likeness (QED) is 0.555. The van der Waals surface area contributed by atoms with Gasteiger partial charge in [-0.3, -0.25) is 9.38 Å². The first kappa shape index (κ1) is 17.8. The molecular weight excluding hydrogens is 371 g/mol. The van der Waals surface area contributed by atoms with Crippen LogP contribution in [0.15, 0.2) is 67.4 Å². The number of anilines is 1. The van der Waals surface area contributed by atoms with Crippen LogP contribution in [0.25, 0.3) is 16.9 Å². The van der Waals surface area contributed by atoms with Crippen molar-refractivity contribution in [3.63, 3.8) is 0 Å². The van der Waals surface area contributed by atoms with Crippen LogP contribution in [0.5, 0.6) is 5.75 Å². The minimum atomic E-state index is -4.72. The predicted molar refractivity (Wildman–Crippen MR) is 96.7 cm³/mol. The number of pyridine rings is 1. The van der Waals surface area contributed by atoms with Crippen LogP contribution in [0.2, 0.25) is 0 Å². The van der Waals surface area contributed by atoms with Crippen molar-refractivity contribution < 1.29 is 17.9 Å². The first-order valence-corrected chi connectivity index (χ1v) is 8.31. The van der Waals surface area contributed by atoms with Crippen LogP contribution >= 0.6 is 0 Å². The molecule has 0 radical (unpaired) electrons. The predicted octanol–water partition coefficient (Wildman–Crippen LogP) is 4.30. The van der Waals surface area contributed by atoms with Gasteiger partial charge in [-0.05, 0) is 35.9 Å². The molecule has 0 atom stereocenters. The lowest BCUT2D eigenvalue weighted by atomic mass is 10.1. The number of hydrogen-bond donors (Lipinski definition) is 1. The highest BCUT2D eigenvalue weighted by Crippen LogP contribution is 2.28. The van der Waals surface area contributed by atoms with E-state index < -0.39 is 6.36 Å². The molecule has 0 aliphatic heterocycles. The van der Waals surface area contributed by atoms with E-state index in [0.29, 0.717) is 23.6 Å². The van der Waals surface area contributed by atoms with Crippen LogP contribution in [0.4, 0.5) is 19.0 Å². The molecule has 142 valence electrons. The Hall–Kier alpha value is -3.62. The minimum Gasteiger partial charge on any atom is -0.406 e. The summed E-state index contributed by atoms with van der Waals surface area (Å²) in [7, 11) is 0. The van der Waals surface area contributed by atoms with Crippen LogP contribution in [0.1, 0.15) is 5.56 Å². The molecule has 0 unspecified atom stereocenters. The monoisotopic (exact) mass is 385 g/mol. The van der Waals surface area contributed by atoms with Crippen LogP contribution < -0.4 is 10.1 Å². The highest BCUT2D eigenvalue weighted by Gasteiger charge is 2.31. The second-order valence-electron chi connectivity index (χ2n) is 5.90. The lowest BCUT2D eigenvalue weighted by molar-refractivity contribution is -0.274. The fraction of sp³-hybridized carbons (Fsp3) is 0.105. The average molecular weight is 385 g/mol. The van der Waals surface area contributed by atoms with Gasteiger partial charge >= 0.3 is 6.36 Å². The number of nitrogens with one attached hydrogen (secondary N) is 1. The molecule has 4 rings (SSSR count). The number of fused-ring (bicyclic) bond motifs is 1. The number of rotatable bonds is 5. The Morgan fingerprint density at radius 2 is 1.82 bits per heavy atom. The Kier molecular flexibility index (Phi) is 4.56. The first-order valence-electron chi connectivity index (χ1n) is 8.31. The van der Waals surface area contributed by atoms with Gasteiger partial charge in [-0.2, -0.15) is 0 Å². The molecule has 0 fully saturated rings. The number of alkyl halides is 3. The van der Waals surface area contributed by atoms with Crippen LogP contribution in [-0.4, -0.2) is 25.7 Å². The Morgan fingerprint density at radius 3 is 2.54 bits per heavy atom. The number of nitrogens with zero attached hydrogens (tertiary/aromatic N) is 4. The molecular formula is C19H14F3N5O. The van der Waals surface area contributed by atoms with E-state index in [0.717, 1.165) is 11.3 Å². The first-order chi connectivity index (χ1) is 13.5. The fourth-order valence-electron chi connectivity index (χ4n) is 2.77. The number of benzene rings is 1. The molecule has 0 aliphatic carbocycles. The van der Waals surface area contributed by atoms with Crippen molar-refractivity contribution in [3.05, 3.63) is 72.9 Å². The Balaban J connectivity index is 1.59. The highest BCUT2D eigenvalue weighted by molar-refractivity contribution is 5.70. The largest absolute Gasteiger partial charge is 0.573 e. The molecule has 3 heterocycles. The summed E-state index contributed by atoms with van der Waals surface area (Å²) in [6.45, 7) is 0.534. The number of ether oxygens (including phenoxy) is 1. The van der Waals surface area contributed by atoms with Crippen molar-refractivity contribution in [2.75, 3.05) is 5.32 Å². The van der Waals surface area contributed by atoms with Crippen molar-refractivity contribution >= 4 is 11.5 Å². The van der Waals surface area contributed by atoms with Gasteiger partial charge in [-0.15, -0.1) is 13.2 Å². The second-order valence-corrected chi connectivity index (χ2v) is 5.90. The fourth-order valence-corrected chi connectivity index (χ4v) is 2.77. The minimum absolute atomic E-state index is 0.273. The zero-order valence-corrected chi connectivity index (χ0v) is 14.4. The Labute approximate surface area is 157 Å². The smallest absolute Gasteiger partial charge is 0.406 e. The van der Waals surface area contributed by atoms with E-state index in [2.05, 4.69) is 25.0 Å². The highest BCUT2D eigenvalue weighted by atomic mass is 19.4. The van der Waals surface area contributed by atoms with Crippen molar-refractivity contribution in [1.82, 2.24) is 19.4 Å². The molecule has 3 aromatic heterocycles. The van der Waals surface area contributed by atoms with E-state index in [1.54, 1.807) is 43.1 Å². The molecule has 0 saturated carbocycles. The van der Waals surface area contributed by atoms with Gasteiger partial charge in [0.15, 0.2) is 11.5 Å². The summed E-state index contributed by atoms with van der Waals surface area (Å²) >= 11 is 0. The van der Waals surface area contributed by atoms with Gasteiger partial charge in [-0.1, -0.05) is 6.07 Å². The Morgan fingerprint density at radius 1 is 1.00 bits per heavy atom. The zero-order valence-electron chi connectivity index (χ0n) is 14.4. The summed E-state index contributed by atoms with van der Waals surface area (Å²) in [4.78, 5) is 12.8. The standard InChI is InChI=1S/C19H14F3N5O/c20-19(21,22)28-15-5-3-14(4-6-15)16-12-26-18-17(24-8-9-27(16)18)25-11-13-2-1-7-23-10-13/h1-10,12H,11H2,(H,24,25). The van der Waals surface area contributed by atoms with Gasteiger partial charge in [0.25, 0.3) is 0 Å². The zero-order chi connectivity index (χ0) is 19.6. The second kappa shape index (κ2) is 7.18. The summed E-state index contributed by atoms with van der Waals surface area (Å²) in [5.41, 5.74) is 3.03. The van der Waals surface area contributed by atoms with Crippen molar-refractivity contribution in [3.8, 4) is 17.0 Å². The van der Waals surface area contributed by atoms with Crippen LogP contribution in [0.3, 0.4) is 0 Å². The SMILES string of the molecule is FC(F)(F)Oc1ccc(-c2cnc3c(NCc4cccnc4)nccn23)cc1. The summed E-state index contributed by atoms with van der Waals surface area (Å²) in [5.74, 6) is 0.320. The van der Waals surface area contributed by atoms with Crippen LogP contribution in [-0.2, 0) is 6.54 Å². The summed E-state index contributed by atoms with van der Waals surface area (Å²) in [5, 5.41) is 3.22. The molecule has 9 heteroatoms. The number of halogens is 3. The maximum Gasteiger partial charge on any atom is 0.573 e. The Bertz CT molecular complexity index is 1080. The van der Waals surface area contributed by atoms with Gasteiger partial charge in [0, 0.05) is 36.9 Å². The van der Waals surface area contributed by atoms with E-state index in [-0.39, 0.29) is 5.75 Å². The third-order valence-corrected chi connectivity index (χ3v) is 3.99. The van der Waals surface area contributed by atoms with Crippen LogP contribution in [0, 0.1) is 0 Å². The van der Waals surface area contributed by atoms with E-state index in [4.69, 9.17) is 0 Å². The molecule has 6 nitrogen and oxygen atoms in total. The van der Waals surface area contributed by atoms with Crippen molar-refractivity contribution in [1.29, 1.82) is 0 Å². The van der Waals surface area contributed by atoms with E-state index in [9.17, 15) is 13.2 Å². The van der Waals surface area contributed by atoms with Crippen molar-refractivity contribution in [2.24, 2.45) is 0 Å². The molecule has 28 heavy (non-hydrogen) atoms. The maximum atomic E-state index is 12.3. The van der Waals surface area contributed by atoms with Gasteiger partial charge in [-0.25, -0.2) is 9.97 Å². The van der Waals surface area contributed by atoms with E-state index in [1.807, 2.05) is 16.5 Å². The van der Waals surface area contributed by atoms with E-state index >= 15 is 0 Å². The van der Waals surface area contributed by atoms with E-state index in [1.165, 1.54) is 12.1 Å². The van der Waals surface area contributed by atoms with Gasteiger partial charge in [0.05, 0.1) is 11.9 Å².